The van der Waals surface area contributed by atoms with Gasteiger partial charge in [-0.25, -0.2) is 9.78 Å². The summed E-state index contributed by atoms with van der Waals surface area (Å²) in [5.74, 6) is -1.59. The summed E-state index contributed by atoms with van der Waals surface area (Å²) in [6.45, 7) is 0.703. The highest BCUT2D eigenvalue weighted by Crippen LogP contribution is 2.30. The first-order valence-electron chi connectivity index (χ1n) is 12.2. The summed E-state index contributed by atoms with van der Waals surface area (Å²) in [5.41, 5.74) is 7.20. The number of amidine groups is 1. The van der Waals surface area contributed by atoms with Crippen LogP contribution in [0, 0.1) is 5.41 Å². The first-order valence-corrected chi connectivity index (χ1v) is 13.0. The molecule has 0 bridgehead atoms. The van der Waals surface area contributed by atoms with E-state index in [0.717, 1.165) is 28.9 Å². The van der Waals surface area contributed by atoms with E-state index in [4.69, 9.17) is 15.9 Å². The standard InChI is InChI=1S/C27H30N6O4S/c1-37-27(36)33-22(20(16-9-4-2-5-10-16)17-11-6-3-7-12-17)25(35)32-21(23(34)18-13-8-14-30-18)19-15-31-26(38-19)24(28)29/h2-7,9-12,15,18,20-22,30H,8,13-14H2,1H3,(H3,28,29)(H,32,35)(H,33,36)/t18-,21?,22+/m0/s1. The molecule has 1 aliphatic heterocycles. The van der Waals surface area contributed by atoms with Gasteiger partial charge in [0.15, 0.2) is 16.6 Å². The molecular weight excluding hydrogens is 504 g/mol. The first-order chi connectivity index (χ1) is 18.4. The Labute approximate surface area is 224 Å². The van der Waals surface area contributed by atoms with Gasteiger partial charge in [-0.15, -0.1) is 11.3 Å². The maximum Gasteiger partial charge on any atom is 0.407 e. The Bertz CT molecular complexity index is 1240. The molecule has 0 radical (unpaired) electrons. The third-order valence-corrected chi connectivity index (χ3v) is 7.50. The second kappa shape index (κ2) is 12.4. The molecule has 10 nitrogen and oxygen atoms in total. The zero-order chi connectivity index (χ0) is 27.1. The van der Waals surface area contributed by atoms with Gasteiger partial charge in [0.25, 0.3) is 0 Å². The maximum absolute atomic E-state index is 14.0. The summed E-state index contributed by atoms with van der Waals surface area (Å²) in [6.07, 6.45) is 2.16. The number of nitrogen functional groups attached to an aromatic ring is 1. The third kappa shape index (κ3) is 6.24. The Kier molecular flexibility index (Phi) is 8.82. The number of alkyl carbamates (subject to hydrolysis) is 1. The van der Waals surface area contributed by atoms with Crippen LogP contribution in [0.25, 0.3) is 0 Å². The van der Waals surface area contributed by atoms with Gasteiger partial charge in [0, 0.05) is 12.1 Å². The molecule has 0 aliphatic carbocycles. The molecule has 4 rings (SSSR count). The molecule has 1 unspecified atom stereocenters. The lowest BCUT2D eigenvalue weighted by atomic mass is 9.84. The Morgan fingerprint density at radius 3 is 2.21 bits per heavy atom. The highest BCUT2D eigenvalue weighted by Gasteiger charge is 2.38. The summed E-state index contributed by atoms with van der Waals surface area (Å²) in [7, 11) is 1.23. The van der Waals surface area contributed by atoms with Crippen LogP contribution in [0.2, 0.25) is 0 Å². The minimum Gasteiger partial charge on any atom is -0.453 e. The molecule has 198 valence electrons. The van der Waals surface area contributed by atoms with Crippen LogP contribution in [0.1, 0.15) is 45.8 Å². The van der Waals surface area contributed by atoms with Gasteiger partial charge in [0.05, 0.1) is 18.0 Å². The Morgan fingerprint density at radius 2 is 1.71 bits per heavy atom. The normalized spacial score (nSPS) is 16.4. The summed E-state index contributed by atoms with van der Waals surface area (Å²) in [4.78, 5) is 44.6. The minimum absolute atomic E-state index is 0.220. The van der Waals surface area contributed by atoms with Crippen molar-refractivity contribution in [1.29, 1.82) is 5.41 Å². The molecule has 2 heterocycles. The van der Waals surface area contributed by atoms with Crippen molar-refractivity contribution < 1.29 is 19.1 Å². The van der Waals surface area contributed by atoms with Crippen LogP contribution in [0.3, 0.4) is 0 Å². The number of carbonyl (C=O) groups excluding carboxylic acids is 3. The largest absolute Gasteiger partial charge is 0.453 e. The number of ketones is 1. The molecule has 2 aromatic carbocycles. The number of rotatable bonds is 10. The monoisotopic (exact) mass is 534 g/mol. The Hall–Kier alpha value is -4.09. The van der Waals surface area contributed by atoms with Crippen LogP contribution in [0.5, 0.6) is 0 Å². The highest BCUT2D eigenvalue weighted by molar-refractivity contribution is 7.13. The van der Waals surface area contributed by atoms with E-state index in [1.54, 1.807) is 0 Å². The molecule has 3 atom stereocenters. The molecule has 2 amide bonds. The fourth-order valence-electron chi connectivity index (χ4n) is 4.57. The average Bonchev–Trinajstić information content (AvgIpc) is 3.65. The molecule has 0 saturated carbocycles. The third-order valence-electron chi connectivity index (χ3n) is 6.41. The molecule has 1 aromatic heterocycles. The van der Waals surface area contributed by atoms with Crippen LogP contribution in [0.15, 0.2) is 66.9 Å². The van der Waals surface area contributed by atoms with Crippen molar-refractivity contribution in [2.75, 3.05) is 13.7 Å². The number of Topliss-reactive ketones (excluding diaryl/α,β-unsaturated/α-hetero) is 1. The number of benzene rings is 2. The predicted molar refractivity (Wildman–Crippen MR) is 144 cm³/mol. The van der Waals surface area contributed by atoms with Crippen molar-refractivity contribution in [1.82, 2.24) is 20.9 Å². The average molecular weight is 535 g/mol. The van der Waals surface area contributed by atoms with Gasteiger partial charge in [0.2, 0.25) is 5.91 Å². The lowest BCUT2D eigenvalue weighted by molar-refractivity contribution is -0.130. The van der Waals surface area contributed by atoms with Crippen LogP contribution < -0.4 is 21.7 Å². The Balaban J connectivity index is 1.73. The number of nitrogens with one attached hydrogen (secondary N) is 4. The summed E-state index contributed by atoms with van der Waals surface area (Å²) >= 11 is 1.07. The first kappa shape index (κ1) is 27.0. The van der Waals surface area contributed by atoms with Gasteiger partial charge in [-0.05, 0) is 30.5 Å². The number of hydrogen-bond acceptors (Lipinski definition) is 8. The fourth-order valence-corrected chi connectivity index (χ4v) is 5.41. The zero-order valence-electron chi connectivity index (χ0n) is 20.8. The van der Waals surface area contributed by atoms with Gasteiger partial charge in [0.1, 0.15) is 12.1 Å². The van der Waals surface area contributed by atoms with Crippen LogP contribution >= 0.6 is 11.3 Å². The number of thiazole rings is 1. The zero-order valence-corrected chi connectivity index (χ0v) is 21.7. The van der Waals surface area contributed by atoms with E-state index in [9.17, 15) is 14.4 Å². The summed E-state index contributed by atoms with van der Waals surface area (Å²) in [6, 6.07) is 16.1. The molecule has 38 heavy (non-hydrogen) atoms. The highest BCUT2D eigenvalue weighted by atomic mass is 32.1. The lowest BCUT2D eigenvalue weighted by Crippen LogP contribution is -2.53. The van der Waals surface area contributed by atoms with Crippen molar-refractivity contribution in [2.45, 2.75) is 36.9 Å². The van der Waals surface area contributed by atoms with Crippen molar-refractivity contribution in [3.63, 3.8) is 0 Å². The number of amides is 2. The van der Waals surface area contributed by atoms with E-state index in [-0.39, 0.29) is 16.6 Å². The predicted octanol–water partition coefficient (Wildman–Crippen LogP) is 2.46. The molecule has 0 spiro atoms. The van der Waals surface area contributed by atoms with Crippen molar-refractivity contribution >= 4 is 35.0 Å². The number of hydrogen-bond donors (Lipinski definition) is 5. The number of ether oxygens (including phenoxy) is 1. The second-order valence-corrected chi connectivity index (χ2v) is 9.95. The van der Waals surface area contributed by atoms with E-state index in [2.05, 4.69) is 20.9 Å². The minimum atomic E-state index is -1.11. The second-order valence-electron chi connectivity index (χ2n) is 8.89. The fraction of sp³-hybridized carbons (Fsp3) is 0.296. The quantitative estimate of drug-likeness (QED) is 0.197. The van der Waals surface area contributed by atoms with Crippen molar-refractivity contribution in [3.8, 4) is 0 Å². The number of carbonyl (C=O) groups is 3. The van der Waals surface area contributed by atoms with E-state index < -0.39 is 36.0 Å². The molecule has 3 aromatic rings. The van der Waals surface area contributed by atoms with E-state index in [1.165, 1.54) is 13.3 Å². The van der Waals surface area contributed by atoms with Gasteiger partial charge in [-0.2, -0.15) is 0 Å². The number of aromatic nitrogens is 1. The SMILES string of the molecule is COC(=O)N[C@@H](C(=O)NC(C(=O)[C@@H]1CCCN1)c1cnc(C(=N)N)s1)C(c1ccccc1)c1ccccc1. The molecule has 1 saturated heterocycles. The molecule has 11 heteroatoms. The van der Waals surface area contributed by atoms with Crippen LogP contribution in [-0.2, 0) is 14.3 Å². The molecule has 1 fully saturated rings. The van der Waals surface area contributed by atoms with Gasteiger partial charge in [-0.1, -0.05) is 60.7 Å². The van der Waals surface area contributed by atoms with E-state index >= 15 is 0 Å². The molecular formula is C27H30N6O4S. The molecule has 1 aliphatic rings. The van der Waals surface area contributed by atoms with Crippen LogP contribution in [0.4, 0.5) is 4.79 Å². The van der Waals surface area contributed by atoms with Gasteiger partial charge < -0.3 is 26.4 Å². The summed E-state index contributed by atoms with van der Waals surface area (Å²) < 4.78 is 4.85. The van der Waals surface area contributed by atoms with Crippen LogP contribution in [-0.4, -0.2) is 54.3 Å². The molecule has 6 N–H and O–H groups in total. The van der Waals surface area contributed by atoms with E-state index in [0.29, 0.717) is 17.8 Å². The topological polar surface area (TPSA) is 159 Å². The van der Waals surface area contributed by atoms with Gasteiger partial charge in [-0.3, -0.25) is 15.0 Å². The maximum atomic E-state index is 14.0. The van der Waals surface area contributed by atoms with E-state index in [1.807, 2.05) is 60.7 Å². The summed E-state index contributed by atoms with van der Waals surface area (Å²) in [5, 5.41) is 16.7. The number of nitrogens with two attached hydrogens (primary N) is 1. The number of methoxy groups -OCH3 is 1. The van der Waals surface area contributed by atoms with Gasteiger partial charge >= 0.3 is 6.09 Å². The van der Waals surface area contributed by atoms with Crippen molar-refractivity contribution in [2.24, 2.45) is 5.73 Å². The smallest absolute Gasteiger partial charge is 0.407 e. The van der Waals surface area contributed by atoms with Crippen molar-refractivity contribution in [3.05, 3.63) is 87.9 Å². The Morgan fingerprint density at radius 1 is 1.08 bits per heavy atom. The lowest BCUT2D eigenvalue weighted by Gasteiger charge is -2.29. The number of nitrogens with zero attached hydrogens (tertiary/aromatic N) is 1.